The Balaban J connectivity index is 1.81. The standard InChI is InChI=1S/C21H17ClF2N6O4S/c1-3-25-21-27-8-10-6-12(19(31)28-18(10)29-21)16-13(23)4-5-14(17(16)24)30-35(32,33)15-7-11(22)9-26-20(15)34-2/h4-9,30H,3H2,1-2H3,(H2,25,27,28,29,31). The average Bonchev–Trinajstić information content (AvgIpc) is 2.81. The van der Waals surface area contributed by atoms with Crippen LogP contribution in [-0.4, -0.2) is 42.0 Å². The van der Waals surface area contributed by atoms with Gasteiger partial charge in [-0.15, -0.1) is 0 Å². The van der Waals surface area contributed by atoms with Gasteiger partial charge in [-0.05, 0) is 31.2 Å². The van der Waals surface area contributed by atoms with Gasteiger partial charge in [0.15, 0.2) is 10.7 Å². The number of nitrogens with one attached hydrogen (secondary N) is 3. The minimum atomic E-state index is -4.47. The molecule has 0 saturated heterocycles. The molecule has 0 radical (unpaired) electrons. The monoisotopic (exact) mass is 522 g/mol. The molecule has 0 aliphatic carbocycles. The number of ether oxygens (including phenoxy) is 1. The maximum Gasteiger partial charge on any atom is 0.267 e. The number of nitrogens with zero attached hydrogens (tertiary/aromatic N) is 3. The highest BCUT2D eigenvalue weighted by molar-refractivity contribution is 7.92. The zero-order valence-electron chi connectivity index (χ0n) is 18.2. The molecule has 4 aromatic rings. The quantitative estimate of drug-likeness (QED) is 0.335. The van der Waals surface area contributed by atoms with Crippen LogP contribution in [0, 0.1) is 11.6 Å². The lowest BCUT2D eigenvalue weighted by molar-refractivity contribution is 0.385. The Kier molecular flexibility index (Phi) is 6.54. The van der Waals surface area contributed by atoms with Crippen LogP contribution in [-0.2, 0) is 10.0 Å². The first-order valence-electron chi connectivity index (χ1n) is 9.99. The van der Waals surface area contributed by atoms with E-state index in [1.54, 1.807) is 0 Å². The van der Waals surface area contributed by atoms with Crippen LogP contribution in [0.25, 0.3) is 22.2 Å². The van der Waals surface area contributed by atoms with Crippen LogP contribution in [0.1, 0.15) is 6.92 Å². The van der Waals surface area contributed by atoms with Crippen LogP contribution >= 0.6 is 11.6 Å². The minimum absolute atomic E-state index is 0.00588. The Labute approximate surface area is 202 Å². The molecule has 0 amide bonds. The number of pyridine rings is 2. The molecule has 0 bridgehead atoms. The largest absolute Gasteiger partial charge is 0.480 e. The summed E-state index contributed by atoms with van der Waals surface area (Å²) in [6.45, 7) is 2.38. The van der Waals surface area contributed by atoms with Crippen molar-refractivity contribution in [3.63, 3.8) is 0 Å². The van der Waals surface area contributed by atoms with E-state index < -0.39 is 43.4 Å². The second kappa shape index (κ2) is 9.43. The molecule has 0 saturated carbocycles. The van der Waals surface area contributed by atoms with Crippen molar-refractivity contribution in [2.45, 2.75) is 11.8 Å². The van der Waals surface area contributed by atoms with Gasteiger partial charge >= 0.3 is 0 Å². The molecule has 0 atom stereocenters. The SMILES string of the molecule is CCNc1ncc2cc(-c3c(F)ccc(NS(=O)(=O)c4cc(Cl)cnc4OC)c3F)c(=O)[nH]c2n1. The van der Waals surface area contributed by atoms with E-state index in [4.69, 9.17) is 16.3 Å². The van der Waals surface area contributed by atoms with Crippen molar-refractivity contribution in [1.29, 1.82) is 0 Å². The molecule has 3 N–H and O–H groups in total. The van der Waals surface area contributed by atoms with Crippen molar-refractivity contribution in [3.8, 4) is 17.0 Å². The molecule has 14 heteroatoms. The van der Waals surface area contributed by atoms with E-state index in [1.807, 2.05) is 11.6 Å². The molecule has 0 unspecified atom stereocenters. The lowest BCUT2D eigenvalue weighted by Crippen LogP contribution is -2.17. The summed E-state index contributed by atoms with van der Waals surface area (Å²) < 4.78 is 62.9. The Hall–Kier alpha value is -3.84. The van der Waals surface area contributed by atoms with Gasteiger partial charge in [-0.3, -0.25) is 9.52 Å². The summed E-state index contributed by atoms with van der Waals surface area (Å²) in [7, 11) is -3.27. The summed E-state index contributed by atoms with van der Waals surface area (Å²) in [6, 6.07) is 4.00. The van der Waals surface area contributed by atoms with Crippen molar-refractivity contribution in [2.24, 2.45) is 0 Å². The number of anilines is 2. The molecular weight excluding hydrogens is 506 g/mol. The molecular formula is C21H17ClF2N6O4S. The summed E-state index contributed by atoms with van der Waals surface area (Å²) in [4.78, 5) is 26.7. The van der Waals surface area contributed by atoms with Crippen LogP contribution in [0.5, 0.6) is 5.88 Å². The second-order valence-electron chi connectivity index (χ2n) is 7.09. The molecule has 0 aliphatic heterocycles. The first-order valence-corrected chi connectivity index (χ1v) is 11.9. The molecule has 182 valence electrons. The lowest BCUT2D eigenvalue weighted by Gasteiger charge is -2.14. The normalized spacial score (nSPS) is 11.5. The number of rotatable bonds is 7. The predicted molar refractivity (Wildman–Crippen MR) is 126 cm³/mol. The third-order valence-electron chi connectivity index (χ3n) is 4.80. The summed E-state index contributed by atoms with van der Waals surface area (Å²) in [5, 5.41) is 3.19. The zero-order chi connectivity index (χ0) is 25.3. The molecule has 0 aliphatic rings. The number of fused-ring (bicyclic) bond motifs is 1. The fourth-order valence-corrected chi connectivity index (χ4v) is 4.68. The summed E-state index contributed by atoms with van der Waals surface area (Å²) in [5.41, 5.74) is -2.41. The van der Waals surface area contributed by atoms with Crippen LogP contribution in [0.2, 0.25) is 5.02 Å². The third-order valence-corrected chi connectivity index (χ3v) is 6.37. The number of aromatic nitrogens is 4. The highest BCUT2D eigenvalue weighted by Gasteiger charge is 2.26. The number of aromatic amines is 1. The number of hydrogen-bond donors (Lipinski definition) is 3. The Morgan fingerprint density at radius 1 is 1.17 bits per heavy atom. The number of H-pyrrole nitrogens is 1. The molecule has 1 aromatic carbocycles. The van der Waals surface area contributed by atoms with E-state index in [0.717, 1.165) is 18.2 Å². The van der Waals surface area contributed by atoms with Crippen LogP contribution in [0.3, 0.4) is 0 Å². The summed E-state index contributed by atoms with van der Waals surface area (Å²) in [6.07, 6.45) is 2.55. The van der Waals surface area contributed by atoms with E-state index in [-0.39, 0.29) is 28.1 Å². The fraction of sp³-hybridized carbons (Fsp3) is 0.143. The molecule has 3 heterocycles. The maximum atomic E-state index is 15.4. The molecule has 10 nitrogen and oxygen atoms in total. The van der Waals surface area contributed by atoms with Gasteiger partial charge in [0.1, 0.15) is 11.5 Å². The van der Waals surface area contributed by atoms with Crippen molar-refractivity contribution in [1.82, 2.24) is 19.9 Å². The number of hydrogen-bond acceptors (Lipinski definition) is 8. The van der Waals surface area contributed by atoms with Gasteiger partial charge in [-0.25, -0.2) is 27.2 Å². The highest BCUT2D eigenvalue weighted by atomic mass is 35.5. The molecule has 0 spiro atoms. The lowest BCUT2D eigenvalue weighted by atomic mass is 10.0. The van der Waals surface area contributed by atoms with Gasteiger partial charge < -0.3 is 15.0 Å². The van der Waals surface area contributed by atoms with Gasteiger partial charge in [0.25, 0.3) is 15.6 Å². The number of sulfonamides is 1. The van der Waals surface area contributed by atoms with E-state index in [9.17, 15) is 17.6 Å². The van der Waals surface area contributed by atoms with Crippen LogP contribution < -0.4 is 20.3 Å². The predicted octanol–water partition coefficient (Wildman–Crippen LogP) is 3.55. The minimum Gasteiger partial charge on any atom is -0.480 e. The average molecular weight is 523 g/mol. The van der Waals surface area contributed by atoms with Crippen LogP contribution in [0.4, 0.5) is 20.4 Å². The van der Waals surface area contributed by atoms with E-state index in [0.29, 0.717) is 11.9 Å². The van der Waals surface area contributed by atoms with Crippen molar-refractivity contribution < 1.29 is 21.9 Å². The maximum absolute atomic E-state index is 15.4. The Morgan fingerprint density at radius 2 is 1.94 bits per heavy atom. The molecule has 35 heavy (non-hydrogen) atoms. The Bertz CT molecular complexity index is 1610. The topological polar surface area (TPSA) is 139 Å². The molecule has 3 aromatic heterocycles. The molecule has 0 fully saturated rings. The first kappa shape index (κ1) is 24.3. The number of methoxy groups -OCH3 is 1. The van der Waals surface area contributed by atoms with Gasteiger partial charge in [0, 0.05) is 24.3 Å². The summed E-state index contributed by atoms with van der Waals surface area (Å²) in [5.74, 6) is -2.41. The van der Waals surface area contributed by atoms with E-state index >= 15 is 4.39 Å². The van der Waals surface area contributed by atoms with E-state index in [1.165, 1.54) is 25.6 Å². The van der Waals surface area contributed by atoms with Gasteiger partial charge in [-0.1, -0.05) is 11.6 Å². The van der Waals surface area contributed by atoms with Crippen LogP contribution in [0.15, 0.2) is 46.3 Å². The smallest absolute Gasteiger partial charge is 0.267 e. The second-order valence-corrected chi connectivity index (χ2v) is 9.18. The zero-order valence-corrected chi connectivity index (χ0v) is 19.8. The third kappa shape index (κ3) is 4.72. The Morgan fingerprint density at radius 3 is 2.66 bits per heavy atom. The van der Waals surface area contributed by atoms with Crippen molar-refractivity contribution >= 4 is 44.3 Å². The fourth-order valence-electron chi connectivity index (χ4n) is 3.25. The van der Waals surface area contributed by atoms with Gasteiger partial charge in [0.2, 0.25) is 11.8 Å². The van der Waals surface area contributed by atoms with Gasteiger partial charge in [-0.2, -0.15) is 4.98 Å². The van der Waals surface area contributed by atoms with Crippen molar-refractivity contribution in [2.75, 3.05) is 23.7 Å². The highest BCUT2D eigenvalue weighted by Crippen LogP contribution is 2.32. The molecule has 4 rings (SSSR count). The number of halogens is 3. The van der Waals surface area contributed by atoms with E-state index in [2.05, 4.69) is 25.3 Å². The number of benzene rings is 1. The summed E-state index contributed by atoms with van der Waals surface area (Å²) >= 11 is 5.85. The van der Waals surface area contributed by atoms with Gasteiger partial charge in [0.05, 0.1) is 28.9 Å². The first-order chi connectivity index (χ1) is 16.6. The van der Waals surface area contributed by atoms with Crippen molar-refractivity contribution in [3.05, 3.63) is 63.7 Å².